The first-order valence-electron chi connectivity index (χ1n) is 9.17. The number of rotatable bonds is 8. The smallest absolute Gasteiger partial charge is 0.248 e. The van der Waals surface area contributed by atoms with Gasteiger partial charge in [0.05, 0.1) is 27.1 Å². The van der Waals surface area contributed by atoms with Crippen LogP contribution in [0.4, 0.5) is 0 Å². The first-order valence-corrected chi connectivity index (χ1v) is 10.5. The normalized spacial score (nSPS) is 10.8. The number of imidazole rings is 1. The SMILES string of the molecule is COc1cc(-c2nnc(CSc3nccn3-c3ccc(Cl)cc3)o2)cc(OC)c1OC. The summed E-state index contributed by atoms with van der Waals surface area (Å²) in [4.78, 5) is 4.42. The fraction of sp³-hybridized carbons (Fsp3) is 0.190. The van der Waals surface area contributed by atoms with Gasteiger partial charge in [-0.25, -0.2) is 4.98 Å². The van der Waals surface area contributed by atoms with Crippen LogP contribution in [0.2, 0.25) is 5.02 Å². The van der Waals surface area contributed by atoms with Gasteiger partial charge in [-0.3, -0.25) is 4.57 Å². The molecule has 0 fully saturated rings. The molecule has 0 aliphatic heterocycles. The van der Waals surface area contributed by atoms with Gasteiger partial charge in [-0.05, 0) is 36.4 Å². The number of nitrogens with zero attached hydrogens (tertiary/aromatic N) is 4. The lowest BCUT2D eigenvalue weighted by Gasteiger charge is -2.12. The number of hydrogen-bond donors (Lipinski definition) is 0. The maximum Gasteiger partial charge on any atom is 0.248 e. The third-order valence-electron chi connectivity index (χ3n) is 4.41. The van der Waals surface area contributed by atoms with Crippen LogP contribution in [-0.4, -0.2) is 41.1 Å². The second-order valence-electron chi connectivity index (χ2n) is 6.26. The molecule has 0 aliphatic rings. The number of aromatic nitrogens is 4. The van der Waals surface area contributed by atoms with E-state index in [1.807, 2.05) is 35.0 Å². The minimum Gasteiger partial charge on any atom is -0.493 e. The zero-order valence-corrected chi connectivity index (χ0v) is 18.6. The Morgan fingerprint density at radius 2 is 1.71 bits per heavy atom. The van der Waals surface area contributed by atoms with Crippen molar-refractivity contribution in [2.75, 3.05) is 21.3 Å². The Morgan fingerprint density at radius 3 is 2.35 bits per heavy atom. The molecule has 0 amide bonds. The molecule has 31 heavy (non-hydrogen) atoms. The van der Waals surface area contributed by atoms with Crippen molar-refractivity contribution in [1.29, 1.82) is 0 Å². The van der Waals surface area contributed by atoms with E-state index in [2.05, 4.69) is 15.2 Å². The van der Waals surface area contributed by atoms with Crippen LogP contribution in [0, 0.1) is 0 Å². The molecule has 0 aliphatic carbocycles. The van der Waals surface area contributed by atoms with E-state index in [1.165, 1.54) is 11.8 Å². The zero-order chi connectivity index (χ0) is 21.8. The highest BCUT2D eigenvalue weighted by Gasteiger charge is 2.18. The van der Waals surface area contributed by atoms with Gasteiger partial charge in [-0.15, -0.1) is 10.2 Å². The van der Waals surface area contributed by atoms with Gasteiger partial charge in [0.1, 0.15) is 0 Å². The Bertz CT molecular complexity index is 1150. The van der Waals surface area contributed by atoms with E-state index in [0.29, 0.717) is 45.4 Å². The molecule has 0 unspecified atom stereocenters. The van der Waals surface area contributed by atoms with E-state index in [0.717, 1.165) is 10.8 Å². The zero-order valence-electron chi connectivity index (χ0n) is 17.0. The van der Waals surface area contributed by atoms with Crippen molar-refractivity contribution in [3.63, 3.8) is 0 Å². The van der Waals surface area contributed by atoms with Gasteiger partial charge in [0.2, 0.25) is 17.5 Å². The molecular weight excluding hydrogens is 440 g/mol. The van der Waals surface area contributed by atoms with Gasteiger partial charge in [0, 0.05) is 28.7 Å². The third-order valence-corrected chi connectivity index (χ3v) is 5.62. The van der Waals surface area contributed by atoms with Crippen molar-refractivity contribution in [3.05, 3.63) is 59.7 Å². The predicted molar refractivity (Wildman–Crippen MR) is 118 cm³/mol. The summed E-state index contributed by atoms with van der Waals surface area (Å²) in [5.74, 6) is 2.81. The summed E-state index contributed by atoms with van der Waals surface area (Å²) in [5.41, 5.74) is 1.63. The number of methoxy groups -OCH3 is 3. The minimum atomic E-state index is 0.357. The second kappa shape index (κ2) is 9.32. The van der Waals surface area contributed by atoms with E-state index in [9.17, 15) is 0 Å². The Labute approximate surface area is 188 Å². The highest BCUT2D eigenvalue weighted by Crippen LogP contribution is 2.41. The van der Waals surface area contributed by atoms with Crippen LogP contribution in [0.1, 0.15) is 5.89 Å². The van der Waals surface area contributed by atoms with E-state index in [-0.39, 0.29) is 0 Å². The summed E-state index contributed by atoms with van der Waals surface area (Å²) in [5, 5.41) is 9.80. The number of hydrogen-bond acceptors (Lipinski definition) is 8. The lowest BCUT2D eigenvalue weighted by atomic mass is 10.2. The van der Waals surface area contributed by atoms with Crippen molar-refractivity contribution in [3.8, 4) is 34.4 Å². The van der Waals surface area contributed by atoms with Crippen molar-refractivity contribution in [2.24, 2.45) is 0 Å². The van der Waals surface area contributed by atoms with Gasteiger partial charge in [-0.1, -0.05) is 23.4 Å². The van der Waals surface area contributed by atoms with Crippen LogP contribution in [0.5, 0.6) is 17.2 Å². The molecule has 160 valence electrons. The van der Waals surface area contributed by atoms with Crippen molar-refractivity contribution < 1.29 is 18.6 Å². The molecule has 4 aromatic rings. The third kappa shape index (κ3) is 4.47. The van der Waals surface area contributed by atoms with Crippen LogP contribution in [-0.2, 0) is 5.75 Å². The Kier molecular flexibility index (Phi) is 6.34. The molecule has 2 heterocycles. The van der Waals surface area contributed by atoms with Gasteiger partial charge in [0.25, 0.3) is 0 Å². The van der Waals surface area contributed by atoms with Crippen LogP contribution in [0.25, 0.3) is 17.1 Å². The lowest BCUT2D eigenvalue weighted by Crippen LogP contribution is -1.95. The molecule has 0 radical (unpaired) electrons. The Morgan fingerprint density at radius 1 is 1.00 bits per heavy atom. The minimum absolute atomic E-state index is 0.357. The fourth-order valence-electron chi connectivity index (χ4n) is 2.95. The summed E-state index contributed by atoms with van der Waals surface area (Å²) in [6, 6.07) is 11.1. The number of thioether (sulfide) groups is 1. The topological polar surface area (TPSA) is 84.4 Å². The van der Waals surface area contributed by atoms with Crippen LogP contribution in [0.15, 0.2) is 58.4 Å². The van der Waals surface area contributed by atoms with E-state index in [4.69, 9.17) is 30.2 Å². The maximum absolute atomic E-state index is 5.98. The molecule has 0 saturated heterocycles. The number of ether oxygens (including phenoxy) is 3. The van der Waals surface area contributed by atoms with Crippen LogP contribution in [0.3, 0.4) is 0 Å². The Hall–Kier alpha value is -3.17. The molecule has 0 spiro atoms. The van der Waals surface area contributed by atoms with Crippen molar-refractivity contribution in [2.45, 2.75) is 10.9 Å². The van der Waals surface area contributed by atoms with E-state index >= 15 is 0 Å². The van der Waals surface area contributed by atoms with Gasteiger partial charge >= 0.3 is 0 Å². The standard InChI is InChI=1S/C21H19ClN4O4S/c1-27-16-10-13(11-17(28-2)19(16)29-3)20-25-24-18(30-20)12-31-21-23-8-9-26(21)15-6-4-14(22)5-7-15/h4-11H,12H2,1-3H3. The predicted octanol–water partition coefficient (Wildman–Crippen LogP) is 4.89. The summed E-state index contributed by atoms with van der Waals surface area (Å²) in [6.07, 6.45) is 3.63. The summed E-state index contributed by atoms with van der Waals surface area (Å²) in [6.45, 7) is 0. The first kappa shape index (κ1) is 21.1. The van der Waals surface area contributed by atoms with Crippen LogP contribution < -0.4 is 14.2 Å². The fourth-order valence-corrected chi connectivity index (χ4v) is 3.89. The molecule has 2 aromatic carbocycles. The number of halogens is 1. The summed E-state index contributed by atoms with van der Waals surface area (Å²) < 4.78 is 24.0. The maximum atomic E-state index is 5.98. The lowest BCUT2D eigenvalue weighted by molar-refractivity contribution is 0.324. The van der Waals surface area contributed by atoms with E-state index < -0.39 is 0 Å². The molecule has 0 N–H and O–H groups in total. The van der Waals surface area contributed by atoms with Crippen molar-refractivity contribution in [1.82, 2.24) is 19.7 Å². The molecule has 0 saturated carbocycles. The largest absolute Gasteiger partial charge is 0.493 e. The molecule has 0 atom stereocenters. The Balaban J connectivity index is 1.52. The van der Waals surface area contributed by atoms with Gasteiger partial charge in [-0.2, -0.15) is 0 Å². The molecule has 2 aromatic heterocycles. The monoisotopic (exact) mass is 458 g/mol. The second-order valence-corrected chi connectivity index (χ2v) is 7.64. The van der Waals surface area contributed by atoms with Crippen LogP contribution >= 0.6 is 23.4 Å². The molecule has 4 rings (SSSR count). The highest BCUT2D eigenvalue weighted by molar-refractivity contribution is 7.98. The van der Waals surface area contributed by atoms with Crippen molar-refractivity contribution >= 4 is 23.4 Å². The average Bonchev–Trinajstić information content (AvgIpc) is 3.46. The first-order chi connectivity index (χ1) is 15.1. The molecular formula is C21H19ClN4O4S. The molecule has 10 heteroatoms. The number of benzene rings is 2. The quantitative estimate of drug-likeness (QED) is 0.345. The molecule has 0 bridgehead atoms. The summed E-state index contributed by atoms with van der Waals surface area (Å²) >= 11 is 7.47. The average molecular weight is 459 g/mol. The van der Waals surface area contributed by atoms with Gasteiger partial charge < -0.3 is 18.6 Å². The molecule has 8 nitrogen and oxygen atoms in total. The summed E-state index contributed by atoms with van der Waals surface area (Å²) in [7, 11) is 4.66. The van der Waals surface area contributed by atoms with E-state index in [1.54, 1.807) is 39.7 Å². The highest BCUT2D eigenvalue weighted by atomic mass is 35.5. The van der Waals surface area contributed by atoms with Gasteiger partial charge in [0.15, 0.2) is 16.7 Å².